The fourth-order valence-corrected chi connectivity index (χ4v) is 2.70. The topological polar surface area (TPSA) is 60.9 Å². The Labute approximate surface area is 139 Å². The van der Waals surface area contributed by atoms with Crippen LogP contribution in [0, 0.1) is 11.8 Å². The normalized spacial score (nSPS) is 17.1. The van der Waals surface area contributed by atoms with E-state index in [1.165, 1.54) is 0 Å². The van der Waals surface area contributed by atoms with E-state index < -0.39 is 0 Å². The zero-order valence-electron chi connectivity index (χ0n) is 15.2. The average molecular weight is 325 g/mol. The van der Waals surface area contributed by atoms with Crippen molar-refractivity contribution in [1.29, 1.82) is 0 Å². The molecule has 1 aliphatic heterocycles. The second-order valence-corrected chi connectivity index (χ2v) is 6.69. The van der Waals surface area contributed by atoms with Crippen molar-refractivity contribution in [2.24, 2.45) is 11.8 Å². The lowest BCUT2D eigenvalue weighted by Crippen LogP contribution is -2.44. The van der Waals surface area contributed by atoms with Crippen LogP contribution in [-0.2, 0) is 14.4 Å². The van der Waals surface area contributed by atoms with Crippen LogP contribution < -0.4 is 0 Å². The predicted octanol–water partition coefficient (Wildman–Crippen LogP) is 1.21. The van der Waals surface area contributed by atoms with Gasteiger partial charge < -0.3 is 14.7 Å². The van der Waals surface area contributed by atoms with Gasteiger partial charge in [0.2, 0.25) is 17.7 Å². The molecule has 0 unspecified atom stereocenters. The Morgan fingerprint density at radius 3 is 1.26 bits per heavy atom. The molecule has 1 rings (SSSR count). The van der Waals surface area contributed by atoms with Gasteiger partial charge in [-0.25, -0.2) is 0 Å². The summed E-state index contributed by atoms with van der Waals surface area (Å²) in [5, 5.41) is 0. The lowest BCUT2D eigenvalue weighted by atomic mass is 10.1. The number of carbonyl (C=O) groups excluding carboxylic acids is 3. The standard InChI is InChI=1S/C17H31N3O3/c1-6-15(21)18-7-9-19(16(22)13(2)3)11-12-20(10-8-18)17(23)14(4)5/h13-14H,6-12H2,1-5H3. The molecule has 0 bridgehead atoms. The molecular formula is C17H31N3O3. The largest absolute Gasteiger partial charge is 0.339 e. The van der Waals surface area contributed by atoms with Crippen molar-refractivity contribution >= 4 is 17.7 Å². The van der Waals surface area contributed by atoms with Gasteiger partial charge in [-0.2, -0.15) is 0 Å². The van der Waals surface area contributed by atoms with Crippen LogP contribution in [0.1, 0.15) is 41.0 Å². The van der Waals surface area contributed by atoms with Crippen LogP contribution >= 0.6 is 0 Å². The molecule has 6 nitrogen and oxygen atoms in total. The first-order chi connectivity index (χ1) is 10.8. The van der Waals surface area contributed by atoms with Gasteiger partial charge in [-0.05, 0) is 0 Å². The molecule has 23 heavy (non-hydrogen) atoms. The van der Waals surface area contributed by atoms with Gasteiger partial charge in [0.1, 0.15) is 0 Å². The lowest BCUT2D eigenvalue weighted by Gasteiger charge is -2.28. The molecule has 0 N–H and O–H groups in total. The van der Waals surface area contributed by atoms with Crippen molar-refractivity contribution in [3.63, 3.8) is 0 Å². The summed E-state index contributed by atoms with van der Waals surface area (Å²) < 4.78 is 0. The Balaban J connectivity index is 2.92. The van der Waals surface area contributed by atoms with Gasteiger partial charge >= 0.3 is 0 Å². The highest BCUT2D eigenvalue weighted by Crippen LogP contribution is 2.09. The SMILES string of the molecule is CCC(=O)N1CCN(C(=O)C(C)C)CCN(C(=O)C(C)C)CC1. The quantitative estimate of drug-likeness (QED) is 0.783. The van der Waals surface area contributed by atoms with Gasteiger partial charge in [0.25, 0.3) is 0 Å². The summed E-state index contributed by atoms with van der Waals surface area (Å²) >= 11 is 0. The molecule has 6 heteroatoms. The smallest absolute Gasteiger partial charge is 0.225 e. The third kappa shape index (κ3) is 5.52. The van der Waals surface area contributed by atoms with Crippen LogP contribution in [0.5, 0.6) is 0 Å². The Morgan fingerprint density at radius 2 is 1.00 bits per heavy atom. The summed E-state index contributed by atoms with van der Waals surface area (Å²) in [6.45, 7) is 12.5. The van der Waals surface area contributed by atoms with Crippen molar-refractivity contribution in [2.45, 2.75) is 41.0 Å². The molecule has 1 heterocycles. The Kier molecular flexibility index (Phi) is 7.52. The van der Waals surface area contributed by atoms with Crippen LogP contribution in [-0.4, -0.2) is 71.7 Å². The zero-order valence-corrected chi connectivity index (χ0v) is 15.2. The molecule has 0 aromatic carbocycles. The highest BCUT2D eigenvalue weighted by molar-refractivity contribution is 5.80. The van der Waals surface area contributed by atoms with E-state index >= 15 is 0 Å². The van der Waals surface area contributed by atoms with Gasteiger partial charge in [-0.3, -0.25) is 14.4 Å². The highest BCUT2D eigenvalue weighted by atomic mass is 16.2. The minimum Gasteiger partial charge on any atom is -0.339 e. The molecule has 0 spiro atoms. The number of rotatable bonds is 3. The number of amides is 3. The third-order valence-corrected chi connectivity index (χ3v) is 4.19. The predicted molar refractivity (Wildman–Crippen MR) is 89.7 cm³/mol. The van der Waals surface area contributed by atoms with E-state index in [0.29, 0.717) is 45.7 Å². The van der Waals surface area contributed by atoms with Crippen LogP contribution in [0.3, 0.4) is 0 Å². The summed E-state index contributed by atoms with van der Waals surface area (Å²) in [6.07, 6.45) is 0.441. The Morgan fingerprint density at radius 1 is 0.696 bits per heavy atom. The Bertz CT molecular complexity index is 403. The zero-order chi connectivity index (χ0) is 17.6. The summed E-state index contributed by atoms with van der Waals surface area (Å²) in [5.41, 5.74) is 0. The number of nitrogens with zero attached hydrogens (tertiary/aromatic N) is 3. The minimum atomic E-state index is -0.0830. The van der Waals surface area contributed by atoms with Crippen LogP contribution in [0.2, 0.25) is 0 Å². The molecule has 1 aliphatic rings. The van der Waals surface area contributed by atoms with Crippen LogP contribution in [0.25, 0.3) is 0 Å². The summed E-state index contributed by atoms with van der Waals surface area (Å²) in [6, 6.07) is 0. The van der Waals surface area contributed by atoms with Gasteiger partial charge in [-0.1, -0.05) is 34.6 Å². The van der Waals surface area contributed by atoms with Crippen LogP contribution in [0.15, 0.2) is 0 Å². The maximum atomic E-state index is 12.4. The van der Waals surface area contributed by atoms with E-state index in [-0.39, 0.29) is 29.6 Å². The van der Waals surface area contributed by atoms with E-state index in [1.54, 1.807) is 14.7 Å². The van der Waals surface area contributed by atoms with Crippen molar-refractivity contribution in [1.82, 2.24) is 14.7 Å². The molecule has 132 valence electrons. The van der Waals surface area contributed by atoms with E-state index in [1.807, 2.05) is 34.6 Å². The maximum Gasteiger partial charge on any atom is 0.225 e. The number of hydrogen-bond acceptors (Lipinski definition) is 3. The van der Waals surface area contributed by atoms with Crippen molar-refractivity contribution < 1.29 is 14.4 Å². The monoisotopic (exact) mass is 325 g/mol. The fraction of sp³-hybridized carbons (Fsp3) is 0.824. The average Bonchev–Trinajstić information content (AvgIpc) is 2.62. The van der Waals surface area contributed by atoms with E-state index in [9.17, 15) is 14.4 Å². The molecule has 0 radical (unpaired) electrons. The molecule has 0 atom stereocenters. The van der Waals surface area contributed by atoms with Gasteiger partial charge in [-0.15, -0.1) is 0 Å². The van der Waals surface area contributed by atoms with E-state index in [0.717, 1.165) is 0 Å². The van der Waals surface area contributed by atoms with Gasteiger partial charge in [0, 0.05) is 57.5 Å². The summed E-state index contributed by atoms with van der Waals surface area (Å²) in [4.78, 5) is 42.1. The van der Waals surface area contributed by atoms with Crippen molar-refractivity contribution in [3.05, 3.63) is 0 Å². The minimum absolute atomic E-state index is 0.0702. The molecular weight excluding hydrogens is 294 g/mol. The first-order valence-electron chi connectivity index (χ1n) is 8.63. The van der Waals surface area contributed by atoms with Crippen molar-refractivity contribution in [3.8, 4) is 0 Å². The highest BCUT2D eigenvalue weighted by Gasteiger charge is 2.25. The first kappa shape index (κ1) is 19.5. The molecule has 0 aliphatic carbocycles. The fourth-order valence-electron chi connectivity index (χ4n) is 2.70. The molecule has 0 aromatic rings. The molecule has 0 aromatic heterocycles. The summed E-state index contributed by atoms with van der Waals surface area (Å²) in [7, 11) is 0. The lowest BCUT2D eigenvalue weighted by molar-refractivity contribution is -0.138. The first-order valence-corrected chi connectivity index (χ1v) is 8.63. The number of carbonyl (C=O) groups is 3. The second-order valence-electron chi connectivity index (χ2n) is 6.69. The van der Waals surface area contributed by atoms with Gasteiger partial charge in [0.15, 0.2) is 0 Å². The third-order valence-electron chi connectivity index (χ3n) is 4.19. The molecule has 1 fully saturated rings. The van der Waals surface area contributed by atoms with Gasteiger partial charge in [0.05, 0.1) is 0 Å². The van der Waals surface area contributed by atoms with E-state index in [4.69, 9.17) is 0 Å². The second kappa shape index (κ2) is 8.89. The number of hydrogen-bond donors (Lipinski definition) is 0. The molecule has 0 saturated carbocycles. The van der Waals surface area contributed by atoms with Crippen molar-refractivity contribution in [2.75, 3.05) is 39.3 Å². The van der Waals surface area contributed by atoms with E-state index in [2.05, 4.69) is 0 Å². The van der Waals surface area contributed by atoms with Crippen LogP contribution in [0.4, 0.5) is 0 Å². The summed E-state index contributed by atoms with van der Waals surface area (Å²) in [5.74, 6) is 0.0574. The molecule has 3 amide bonds. The maximum absolute atomic E-state index is 12.4. The molecule has 1 saturated heterocycles. The Hall–Kier alpha value is -1.59.